The van der Waals surface area contributed by atoms with Crippen molar-refractivity contribution >= 4 is 23.9 Å². The van der Waals surface area contributed by atoms with E-state index in [2.05, 4.69) is 5.32 Å². The van der Waals surface area contributed by atoms with Gasteiger partial charge in [-0.2, -0.15) is 0 Å². The van der Waals surface area contributed by atoms with Gasteiger partial charge < -0.3 is 26.2 Å². The average Bonchev–Trinajstić information content (AvgIpc) is 2.15. The SMILES string of the molecule is N[C@@H](CC(=O)O)C(=O)O.O=C(O)CNCC(=O)O. The lowest BCUT2D eigenvalue weighted by molar-refractivity contribution is -0.144. The van der Waals surface area contributed by atoms with Crippen LogP contribution in [0, 0.1) is 0 Å². The van der Waals surface area contributed by atoms with Crippen molar-refractivity contribution in [1.29, 1.82) is 0 Å². The molecule has 10 nitrogen and oxygen atoms in total. The van der Waals surface area contributed by atoms with Crippen molar-refractivity contribution in [2.75, 3.05) is 13.1 Å². The fraction of sp³-hybridized carbons (Fsp3) is 0.500. The Kier molecular flexibility index (Phi) is 10.1. The lowest BCUT2D eigenvalue weighted by Crippen LogP contribution is -2.32. The number of carboxylic acids is 4. The van der Waals surface area contributed by atoms with Crippen LogP contribution in [0.1, 0.15) is 6.42 Å². The Morgan fingerprint density at radius 2 is 1.28 bits per heavy atom. The van der Waals surface area contributed by atoms with Crippen LogP contribution >= 0.6 is 0 Å². The van der Waals surface area contributed by atoms with Crippen LogP contribution in [0.2, 0.25) is 0 Å². The Morgan fingerprint density at radius 1 is 0.889 bits per heavy atom. The summed E-state index contributed by atoms with van der Waals surface area (Å²) in [5.74, 6) is -4.62. The Balaban J connectivity index is 0. The third-order valence-electron chi connectivity index (χ3n) is 1.26. The predicted molar refractivity (Wildman–Crippen MR) is 56.0 cm³/mol. The first-order chi connectivity index (χ1) is 8.16. The van der Waals surface area contributed by atoms with Crippen LogP contribution in [-0.2, 0) is 19.2 Å². The molecule has 0 fully saturated rings. The Morgan fingerprint density at radius 3 is 1.44 bits per heavy atom. The zero-order valence-corrected chi connectivity index (χ0v) is 9.20. The van der Waals surface area contributed by atoms with Crippen LogP contribution in [0.4, 0.5) is 0 Å². The molecule has 10 heteroatoms. The largest absolute Gasteiger partial charge is 0.481 e. The maximum atomic E-state index is 9.85. The van der Waals surface area contributed by atoms with E-state index in [1.54, 1.807) is 0 Å². The highest BCUT2D eigenvalue weighted by Crippen LogP contribution is 1.86. The Bertz CT molecular complexity index is 302. The van der Waals surface area contributed by atoms with E-state index in [0.29, 0.717) is 0 Å². The number of rotatable bonds is 7. The highest BCUT2D eigenvalue weighted by Gasteiger charge is 2.14. The molecule has 7 N–H and O–H groups in total. The molecule has 0 aromatic heterocycles. The Hall–Kier alpha value is -2.20. The predicted octanol–water partition coefficient (Wildman–Crippen LogP) is -2.38. The van der Waals surface area contributed by atoms with Crippen molar-refractivity contribution in [3.63, 3.8) is 0 Å². The minimum absolute atomic E-state index is 0.313. The van der Waals surface area contributed by atoms with Gasteiger partial charge in [-0.25, -0.2) is 0 Å². The van der Waals surface area contributed by atoms with Crippen molar-refractivity contribution in [2.45, 2.75) is 12.5 Å². The van der Waals surface area contributed by atoms with E-state index in [1.165, 1.54) is 0 Å². The van der Waals surface area contributed by atoms with Crippen molar-refractivity contribution in [3.8, 4) is 0 Å². The van der Waals surface area contributed by atoms with Gasteiger partial charge in [0.1, 0.15) is 6.04 Å². The maximum Gasteiger partial charge on any atom is 0.321 e. The van der Waals surface area contributed by atoms with Crippen LogP contribution in [0.3, 0.4) is 0 Å². The van der Waals surface area contributed by atoms with Gasteiger partial charge >= 0.3 is 23.9 Å². The van der Waals surface area contributed by atoms with Gasteiger partial charge in [0.15, 0.2) is 0 Å². The van der Waals surface area contributed by atoms with E-state index in [4.69, 9.17) is 26.2 Å². The lowest BCUT2D eigenvalue weighted by atomic mass is 10.2. The van der Waals surface area contributed by atoms with Gasteiger partial charge in [-0.1, -0.05) is 0 Å². The van der Waals surface area contributed by atoms with Crippen molar-refractivity contribution in [3.05, 3.63) is 0 Å². The molecule has 0 aliphatic carbocycles. The minimum Gasteiger partial charge on any atom is -0.481 e. The molecule has 0 aliphatic heterocycles. The molecule has 0 bridgehead atoms. The molecule has 0 unspecified atom stereocenters. The molecule has 0 heterocycles. The zero-order chi connectivity index (χ0) is 14.7. The van der Waals surface area contributed by atoms with E-state index in [9.17, 15) is 19.2 Å². The van der Waals surface area contributed by atoms with Gasteiger partial charge in [0.25, 0.3) is 0 Å². The number of carboxylic acid groups (broad SMARTS) is 4. The summed E-state index contributed by atoms with van der Waals surface area (Å²) in [5, 5.41) is 34.2. The highest BCUT2D eigenvalue weighted by molar-refractivity contribution is 5.80. The summed E-state index contributed by atoms with van der Waals surface area (Å²) < 4.78 is 0. The molecule has 0 aromatic rings. The first-order valence-corrected chi connectivity index (χ1v) is 4.51. The average molecular weight is 266 g/mol. The van der Waals surface area contributed by atoms with E-state index in [-0.39, 0.29) is 13.1 Å². The van der Waals surface area contributed by atoms with E-state index in [0.717, 1.165) is 0 Å². The van der Waals surface area contributed by atoms with Gasteiger partial charge in [-0.05, 0) is 0 Å². The second-order valence-corrected chi connectivity index (χ2v) is 2.93. The number of nitrogens with two attached hydrogens (primary N) is 1. The second-order valence-electron chi connectivity index (χ2n) is 2.93. The van der Waals surface area contributed by atoms with Gasteiger partial charge in [-0.3, -0.25) is 24.5 Å². The molecule has 0 amide bonds. The van der Waals surface area contributed by atoms with Crippen LogP contribution in [-0.4, -0.2) is 63.4 Å². The van der Waals surface area contributed by atoms with E-state index < -0.39 is 36.3 Å². The number of hydrogen-bond donors (Lipinski definition) is 6. The molecule has 104 valence electrons. The number of hydrogen-bond acceptors (Lipinski definition) is 6. The molecule has 0 rings (SSSR count). The molecule has 18 heavy (non-hydrogen) atoms. The summed E-state index contributed by atoms with van der Waals surface area (Å²) >= 11 is 0. The van der Waals surface area contributed by atoms with Gasteiger partial charge in [0.05, 0.1) is 19.5 Å². The smallest absolute Gasteiger partial charge is 0.321 e. The van der Waals surface area contributed by atoms with Crippen LogP contribution in [0.15, 0.2) is 0 Å². The number of nitrogens with one attached hydrogen (secondary N) is 1. The molecule has 0 aromatic carbocycles. The standard InChI is InChI=1S/2C4H7NO4/c6-3(7)1-5-2-4(8)9;5-2(4(8)9)1-3(6)7/h5H,1-2H2,(H,6,7)(H,8,9);2H,1,5H2,(H,6,7)(H,8,9)/t;2-/m.0/s1. The normalized spacial score (nSPS) is 10.7. The fourth-order valence-corrected chi connectivity index (χ4v) is 0.552. The molecule has 0 saturated carbocycles. The Labute approximate surface area is 101 Å². The van der Waals surface area contributed by atoms with Crippen molar-refractivity contribution in [1.82, 2.24) is 5.32 Å². The first kappa shape index (κ1) is 18.2. The van der Waals surface area contributed by atoms with Gasteiger partial charge in [-0.15, -0.1) is 0 Å². The highest BCUT2D eigenvalue weighted by atomic mass is 16.4. The summed E-state index contributed by atoms with van der Waals surface area (Å²) in [6, 6.07) is -1.29. The summed E-state index contributed by atoms with van der Waals surface area (Å²) in [6.07, 6.45) is -0.532. The maximum absolute atomic E-state index is 9.85. The third kappa shape index (κ3) is 16.2. The molecule has 0 radical (unpaired) electrons. The van der Waals surface area contributed by atoms with Crippen molar-refractivity contribution < 1.29 is 39.6 Å². The first-order valence-electron chi connectivity index (χ1n) is 4.51. The fourth-order valence-electron chi connectivity index (χ4n) is 0.552. The van der Waals surface area contributed by atoms with E-state index >= 15 is 0 Å². The topological polar surface area (TPSA) is 187 Å². The quantitative estimate of drug-likeness (QED) is 0.290. The summed E-state index contributed by atoms with van der Waals surface area (Å²) in [7, 11) is 0. The number of aliphatic carboxylic acids is 4. The molecular weight excluding hydrogens is 252 g/mol. The monoisotopic (exact) mass is 266 g/mol. The molecule has 1 atom stereocenters. The zero-order valence-electron chi connectivity index (χ0n) is 9.20. The molecule has 0 saturated heterocycles. The van der Waals surface area contributed by atoms with E-state index in [1.807, 2.05) is 0 Å². The third-order valence-corrected chi connectivity index (χ3v) is 1.26. The minimum atomic E-state index is -1.29. The lowest BCUT2D eigenvalue weighted by Gasteiger charge is -1.99. The second kappa shape index (κ2) is 9.99. The van der Waals surface area contributed by atoms with Crippen LogP contribution in [0.5, 0.6) is 0 Å². The molecule has 0 spiro atoms. The van der Waals surface area contributed by atoms with Gasteiger partial charge in [0.2, 0.25) is 0 Å². The van der Waals surface area contributed by atoms with Gasteiger partial charge in [0, 0.05) is 0 Å². The molecular formula is C8H14N2O8. The summed E-state index contributed by atoms with van der Waals surface area (Å²) in [4.78, 5) is 39.1. The summed E-state index contributed by atoms with van der Waals surface area (Å²) in [5.41, 5.74) is 4.84. The molecule has 0 aliphatic rings. The number of carbonyl (C=O) groups is 4. The van der Waals surface area contributed by atoms with Crippen LogP contribution < -0.4 is 11.1 Å². The van der Waals surface area contributed by atoms with Crippen molar-refractivity contribution in [2.24, 2.45) is 5.73 Å². The van der Waals surface area contributed by atoms with Crippen LogP contribution in [0.25, 0.3) is 0 Å². The summed E-state index contributed by atoms with van der Waals surface area (Å²) in [6.45, 7) is -0.626.